The number of ketones is 1. The van der Waals surface area contributed by atoms with Gasteiger partial charge in [-0.2, -0.15) is 0 Å². The van der Waals surface area contributed by atoms with Crippen LogP contribution in [0.25, 0.3) is 0 Å². The van der Waals surface area contributed by atoms with Crippen LogP contribution in [0.5, 0.6) is 0 Å². The van der Waals surface area contributed by atoms with E-state index in [0.717, 1.165) is 0 Å². The molecule has 0 atom stereocenters. The number of allylic oxidation sites excluding steroid dienone is 2. The molecule has 1 aliphatic carbocycles. The summed E-state index contributed by atoms with van der Waals surface area (Å²) in [4.78, 5) is 24.1. The molecule has 1 aromatic rings. The summed E-state index contributed by atoms with van der Waals surface area (Å²) < 4.78 is 5.81. The first kappa shape index (κ1) is 16.5. The summed E-state index contributed by atoms with van der Waals surface area (Å²) in [5.41, 5.74) is 0.698. The average Bonchev–Trinajstić information content (AvgIpc) is 2.45. The van der Waals surface area contributed by atoms with E-state index in [0.29, 0.717) is 28.3 Å². The van der Waals surface area contributed by atoms with Crippen LogP contribution in [0, 0.1) is 0 Å². The fraction of sp³-hybridized carbons (Fsp3) is 0.294. The fourth-order valence-corrected chi connectivity index (χ4v) is 2.62. The Labute approximate surface area is 134 Å². The van der Waals surface area contributed by atoms with Crippen molar-refractivity contribution in [2.24, 2.45) is 0 Å². The van der Waals surface area contributed by atoms with Gasteiger partial charge in [-0.25, -0.2) is 0 Å². The maximum Gasteiger partial charge on any atom is 0.253 e. The van der Waals surface area contributed by atoms with E-state index in [1.807, 2.05) is 6.92 Å². The zero-order valence-electron chi connectivity index (χ0n) is 12.8. The van der Waals surface area contributed by atoms with Crippen LogP contribution in [0.2, 0.25) is 5.02 Å². The van der Waals surface area contributed by atoms with E-state index in [-0.39, 0.29) is 11.7 Å². The van der Waals surface area contributed by atoms with Gasteiger partial charge in [0, 0.05) is 17.2 Å². The molecule has 0 spiro atoms. The van der Waals surface area contributed by atoms with Gasteiger partial charge in [-0.3, -0.25) is 9.59 Å². The van der Waals surface area contributed by atoms with E-state index >= 15 is 0 Å². The third-order valence-corrected chi connectivity index (χ3v) is 3.84. The molecular weight excluding hydrogens is 302 g/mol. The monoisotopic (exact) mass is 319 g/mol. The molecule has 2 rings (SSSR count). The molecule has 116 valence electrons. The largest absolute Gasteiger partial charge is 0.348 e. The van der Waals surface area contributed by atoms with Crippen molar-refractivity contribution in [1.82, 2.24) is 5.32 Å². The minimum Gasteiger partial charge on any atom is -0.348 e. The number of hydrogen-bond donors (Lipinski definition) is 1. The average molecular weight is 320 g/mol. The van der Waals surface area contributed by atoms with Gasteiger partial charge in [0.15, 0.2) is 11.5 Å². The van der Waals surface area contributed by atoms with Crippen molar-refractivity contribution in [3.8, 4) is 0 Å². The molecule has 0 heterocycles. The van der Waals surface area contributed by atoms with Gasteiger partial charge in [-0.05, 0) is 68.3 Å². The summed E-state index contributed by atoms with van der Waals surface area (Å²) in [6, 6.07) is 6.59. The number of halogens is 1. The second-order valence-corrected chi connectivity index (χ2v) is 5.57. The van der Waals surface area contributed by atoms with Crippen molar-refractivity contribution in [1.29, 1.82) is 0 Å². The molecule has 0 aliphatic heterocycles. The molecule has 0 saturated heterocycles. The number of carbonyl (C=O) groups excluding carboxylic acids is 2. The number of carbonyl (C=O) groups is 2. The quantitative estimate of drug-likeness (QED) is 0.866. The number of benzene rings is 1. The molecular formula is C17H18ClNO3. The molecule has 0 bridgehead atoms. The number of hydrogen-bond acceptors (Lipinski definition) is 3. The number of amides is 1. The van der Waals surface area contributed by atoms with Crippen molar-refractivity contribution in [3.05, 3.63) is 58.1 Å². The highest BCUT2D eigenvalue weighted by atomic mass is 35.5. The fourth-order valence-electron chi connectivity index (χ4n) is 2.49. The standard InChI is InChI=1S/C17H18ClNO3/c1-4-22-17(11(2)9-15(20)10-12(17)3)19-16(21)13-5-7-14(18)8-6-13/h5-10H,4H2,1-3H3,(H,19,21). The summed E-state index contributed by atoms with van der Waals surface area (Å²) in [5, 5.41) is 3.46. The molecule has 0 radical (unpaired) electrons. The molecule has 0 aromatic heterocycles. The van der Waals surface area contributed by atoms with Crippen LogP contribution in [0.15, 0.2) is 47.6 Å². The maximum absolute atomic E-state index is 12.5. The normalized spacial score (nSPS) is 16.8. The van der Waals surface area contributed by atoms with E-state index < -0.39 is 5.72 Å². The topological polar surface area (TPSA) is 55.4 Å². The highest BCUT2D eigenvalue weighted by molar-refractivity contribution is 6.30. The Morgan fingerprint density at radius 1 is 1.18 bits per heavy atom. The summed E-state index contributed by atoms with van der Waals surface area (Å²) >= 11 is 5.84. The van der Waals surface area contributed by atoms with E-state index in [2.05, 4.69) is 5.32 Å². The lowest BCUT2D eigenvalue weighted by Gasteiger charge is -2.38. The Balaban J connectivity index is 2.35. The Morgan fingerprint density at radius 2 is 1.73 bits per heavy atom. The Bertz CT molecular complexity index is 637. The van der Waals surface area contributed by atoms with Crippen LogP contribution in [0.3, 0.4) is 0 Å². The Hall–Kier alpha value is -1.91. The summed E-state index contributed by atoms with van der Waals surface area (Å²) in [5.74, 6) is -0.397. The predicted molar refractivity (Wildman–Crippen MR) is 85.8 cm³/mol. The molecule has 0 saturated carbocycles. The summed E-state index contributed by atoms with van der Waals surface area (Å²) in [7, 11) is 0. The van der Waals surface area contributed by atoms with E-state index in [1.54, 1.807) is 38.1 Å². The third-order valence-electron chi connectivity index (χ3n) is 3.58. The highest BCUT2D eigenvalue weighted by Crippen LogP contribution is 2.31. The van der Waals surface area contributed by atoms with Crippen LogP contribution < -0.4 is 5.32 Å². The lowest BCUT2D eigenvalue weighted by Crippen LogP contribution is -2.53. The van der Waals surface area contributed by atoms with Gasteiger partial charge < -0.3 is 10.1 Å². The van der Waals surface area contributed by atoms with E-state index in [1.165, 1.54) is 12.2 Å². The molecule has 4 nitrogen and oxygen atoms in total. The second-order valence-electron chi connectivity index (χ2n) is 5.13. The van der Waals surface area contributed by atoms with Gasteiger partial charge in [0.2, 0.25) is 0 Å². The predicted octanol–water partition coefficient (Wildman–Crippen LogP) is 3.28. The second kappa shape index (κ2) is 6.46. The zero-order valence-corrected chi connectivity index (χ0v) is 13.5. The molecule has 1 aliphatic rings. The smallest absolute Gasteiger partial charge is 0.253 e. The van der Waals surface area contributed by atoms with Gasteiger partial charge in [0.05, 0.1) is 0 Å². The van der Waals surface area contributed by atoms with Crippen LogP contribution in [-0.4, -0.2) is 24.0 Å². The van der Waals surface area contributed by atoms with Crippen LogP contribution >= 0.6 is 11.6 Å². The number of nitrogens with one attached hydrogen (secondary N) is 1. The maximum atomic E-state index is 12.5. The first-order valence-electron chi connectivity index (χ1n) is 7.02. The van der Waals surface area contributed by atoms with Crippen molar-refractivity contribution in [2.45, 2.75) is 26.5 Å². The minimum absolute atomic E-state index is 0.105. The first-order valence-corrected chi connectivity index (χ1v) is 7.40. The number of ether oxygens (including phenoxy) is 1. The van der Waals surface area contributed by atoms with Gasteiger partial charge in [0.1, 0.15) is 0 Å². The Morgan fingerprint density at radius 3 is 2.23 bits per heavy atom. The lowest BCUT2D eigenvalue weighted by molar-refractivity contribution is -0.111. The van der Waals surface area contributed by atoms with Gasteiger partial charge in [0.25, 0.3) is 5.91 Å². The Kier molecular flexibility index (Phi) is 4.84. The van der Waals surface area contributed by atoms with Crippen molar-refractivity contribution < 1.29 is 14.3 Å². The van der Waals surface area contributed by atoms with Crippen LogP contribution in [-0.2, 0) is 9.53 Å². The van der Waals surface area contributed by atoms with Crippen molar-refractivity contribution in [3.63, 3.8) is 0 Å². The molecule has 0 unspecified atom stereocenters. The zero-order chi connectivity index (χ0) is 16.3. The van der Waals surface area contributed by atoms with E-state index in [4.69, 9.17) is 16.3 Å². The molecule has 1 N–H and O–H groups in total. The lowest BCUT2D eigenvalue weighted by atomic mass is 9.89. The molecule has 1 amide bonds. The summed E-state index contributed by atoms with van der Waals surface area (Å²) in [6.07, 6.45) is 2.95. The SMILES string of the molecule is CCOC1(NC(=O)c2ccc(Cl)cc2)C(C)=CC(=O)C=C1C. The van der Waals surface area contributed by atoms with Crippen molar-refractivity contribution in [2.75, 3.05) is 6.61 Å². The van der Waals surface area contributed by atoms with Gasteiger partial charge >= 0.3 is 0 Å². The van der Waals surface area contributed by atoms with Crippen molar-refractivity contribution >= 4 is 23.3 Å². The molecule has 22 heavy (non-hydrogen) atoms. The molecule has 1 aromatic carbocycles. The van der Waals surface area contributed by atoms with Gasteiger partial charge in [-0.15, -0.1) is 0 Å². The number of rotatable bonds is 4. The molecule has 0 fully saturated rings. The first-order chi connectivity index (χ1) is 10.4. The van der Waals surface area contributed by atoms with E-state index in [9.17, 15) is 9.59 Å². The van der Waals surface area contributed by atoms with Crippen LogP contribution in [0.1, 0.15) is 31.1 Å². The minimum atomic E-state index is -1.08. The highest BCUT2D eigenvalue weighted by Gasteiger charge is 2.39. The van der Waals surface area contributed by atoms with Crippen LogP contribution in [0.4, 0.5) is 0 Å². The third kappa shape index (κ3) is 3.13. The summed E-state index contributed by atoms with van der Waals surface area (Å²) in [6.45, 7) is 5.77. The van der Waals surface area contributed by atoms with Gasteiger partial charge in [-0.1, -0.05) is 11.6 Å². The molecule has 5 heteroatoms.